The van der Waals surface area contributed by atoms with E-state index in [0.29, 0.717) is 12.1 Å². The van der Waals surface area contributed by atoms with Crippen molar-refractivity contribution in [2.24, 2.45) is 7.05 Å². The number of hydrogen-bond donors (Lipinski definition) is 1. The molecule has 1 aliphatic heterocycles. The fourth-order valence-electron chi connectivity index (χ4n) is 2.42. The second-order valence-corrected chi connectivity index (χ2v) is 7.58. The molecule has 1 fully saturated rings. The molecule has 0 aromatic carbocycles. The summed E-state index contributed by atoms with van der Waals surface area (Å²) in [5.41, 5.74) is 0.434. The van der Waals surface area contributed by atoms with Gasteiger partial charge in [-0.05, 0) is 0 Å². The average Bonchev–Trinajstić information content (AvgIpc) is 2.91. The number of hydrogen-bond acceptors (Lipinski definition) is 6. The summed E-state index contributed by atoms with van der Waals surface area (Å²) in [4.78, 5) is 24.8. The van der Waals surface area contributed by atoms with Crippen LogP contribution in [-0.2, 0) is 26.6 Å². The molecule has 1 aromatic rings. The molecule has 1 unspecified atom stereocenters. The molecule has 1 aromatic heterocycles. The second kappa shape index (κ2) is 7.28. The monoisotopic (exact) mass is 360 g/mol. The van der Waals surface area contributed by atoms with Gasteiger partial charge in [0.1, 0.15) is 6.54 Å². The lowest BCUT2D eigenvalue weighted by Gasteiger charge is -2.34. The van der Waals surface area contributed by atoms with Gasteiger partial charge in [0.15, 0.2) is 0 Å². The molecule has 0 saturated carbocycles. The minimum Gasteiger partial charge on any atom is -0.480 e. The molecule has 24 heavy (non-hydrogen) atoms. The maximum absolute atomic E-state index is 12.4. The van der Waals surface area contributed by atoms with Crippen LogP contribution in [-0.4, -0.2) is 89.5 Å². The van der Waals surface area contributed by atoms with Crippen molar-refractivity contribution in [3.05, 3.63) is 18.0 Å². The molecule has 134 valence electrons. The Hall–Kier alpha value is -1.98. The fraction of sp³-hybridized carbons (Fsp3) is 0.615. The van der Waals surface area contributed by atoms with Crippen LogP contribution in [0, 0.1) is 0 Å². The normalized spacial score (nSPS) is 18.8. The van der Waals surface area contributed by atoms with Gasteiger partial charge in [0.25, 0.3) is 5.91 Å². The quantitative estimate of drug-likeness (QED) is 0.662. The smallest absolute Gasteiger partial charge is 0.318 e. The molecule has 1 aliphatic rings. The van der Waals surface area contributed by atoms with Crippen molar-refractivity contribution in [3.8, 4) is 0 Å². The van der Waals surface area contributed by atoms with Crippen LogP contribution in [0.3, 0.4) is 0 Å². The summed E-state index contributed by atoms with van der Waals surface area (Å²) < 4.78 is 31.2. The average molecular weight is 360 g/mol. The number of carboxylic acid groups (broad SMARTS) is 1. The number of sulfonamides is 1. The van der Waals surface area contributed by atoms with E-state index in [9.17, 15) is 18.0 Å². The van der Waals surface area contributed by atoms with E-state index < -0.39 is 28.6 Å². The minimum absolute atomic E-state index is 0.123. The number of carbonyl (C=O) groups is 2. The lowest BCUT2D eigenvalue weighted by molar-refractivity contribution is -0.137. The third-order valence-electron chi connectivity index (χ3n) is 3.57. The molecule has 1 amide bonds. The summed E-state index contributed by atoms with van der Waals surface area (Å²) in [5, 5.41) is 12.8. The minimum atomic E-state index is -3.69. The van der Waals surface area contributed by atoms with E-state index in [1.807, 2.05) is 0 Å². The molecule has 1 atom stereocenters. The van der Waals surface area contributed by atoms with Crippen LogP contribution >= 0.6 is 0 Å². The predicted octanol–water partition coefficient (Wildman–Crippen LogP) is -1.39. The lowest BCUT2D eigenvalue weighted by Crippen LogP contribution is -2.51. The van der Waals surface area contributed by atoms with Crippen LogP contribution in [0.5, 0.6) is 0 Å². The van der Waals surface area contributed by atoms with Gasteiger partial charge in [0, 0.05) is 32.9 Å². The van der Waals surface area contributed by atoms with Gasteiger partial charge in [0.05, 0.1) is 30.7 Å². The van der Waals surface area contributed by atoms with Gasteiger partial charge in [-0.2, -0.15) is 9.40 Å². The van der Waals surface area contributed by atoms with Crippen molar-refractivity contribution in [2.75, 3.05) is 39.0 Å². The molecule has 0 bridgehead atoms. The number of ether oxygens (including phenoxy) is 1. The van der Waals surface area contributed by atoms with E-state index in [0.717, 1.165) is 10.6 Å². The van der Waals surface area contributed by atoms with Crippen LogP contribution in [0.4, 0.5) is 0 Å². The number of nitrogens with zero attached hydrogens (tertiary/aromatic N) is 4. The maximum atomic E-state index is 12.4. The van der Waals surface area contributed by atoms with Crippen LogP contribution in [0.1, 0.15) is 10.4 Å². The van der Waals surface area contributed by atoms with E-state index in [1.165, 1.54) is 10.9 Å². The first-order valence-electron chi connectivity index (χ1n) is 7.23. The molecule has 2 heterocycles. The Morgan fingerprint density at radius 3 is 2.75 bits per heavy atom. The van der Waals surface area contributed by atoms with Crippen LogP contribution < -0.4 is 0 Å². The SMILES string of the molecule is Cn1cc(C(=O)N2CCOC(CN(CC(=O)O)S(C)(=O)=O)C2)cn1. The zero-order valence-electron chi connectivity index (χ0n) is 13.5. The zero-order valence-corrected chi connectivity index (χ0v) is 14.3. The molecular weight excluding hydrogens is 340 g/mol. The zero-order chi connectivity index (χ0) is 17.9. The molecule has 10 nitrogen and oxygen atoms in total. The van der Waals surface area contributed by atoms with Crippen LogP contribution in [0.15, 0.2) is 12.4 Å². The second-order valence-electron chi connectivity index (χ2n) is 5.60. The van der Waals surface area contributed by atoms with E-state index in [-0.39, 0.29) is 25.6 Å². The fourth-order valence-corrected chi connectivity index (χ4v) is 3.21. The summed E-state index contributed by atoms with van der Waals surface area (Å²) in [5.74, 6) is -1.47. The van der Waals surface area contributed by atoms with Gasteiger partial charge < -0.3 is 14.7 Å². The summed E-state index contributed by atoms with van der Waals surface area (Å²) in [6.45, 7) is 0.0416. The van der Waals surface area contributed by atoms with E-state index in [4.69, 9.17) is 9.84 Å². The van der Waals surface area contributed by atoms with Crippen molar-refractivity contribution >= 4 is 21.9 Å². The van der Waals surface area contributed by atoms with Gasteiger partial charge in [-0.15, -0.1) is 0 Å². The summed E-state index contributed by atoms with van der Waals surface area (Å²) in [7, 11) is -1.99. The first kappa shape index (κ1) is 18.4. The van der Waals surface area contributed by atoms with E-state index in [2.05, 4.69) is 5.10 Å². The highest BCUT2D eigenvalue weighted by Gasteiger charge is 2.30. The Bertz CT molecular complexity index is 716. The van der Waals surface area contributed by atoms with Gasteiger partial charge >= 0.3 is 5.97 Å². The van der Waals surface area contributed by atoms with E-state index >= 15 is 0 Å². The largest absolute Gasteiger partial charge is 0.480 e. The topological polar surface area (TPSA) is 122 Å². The van der Waals surface area contributed by atoms with Gasteiger partial charge in [-0.3, -0.25) is 14.3 Å². The summed E-state index contributed by atoms with van der Waals surface area (Å²) in [6.07, 6.45) is 3.41. The van der Waals surface area contributed by atoms with Crippen molar-refractivity contribution in [2.45, 2.75) is 6.10 Å². The van der Waals surface area contributed by atoms with Gasteiger partial charge in [-0.1, -0.05) is 0 Å². The Morgan fingerprint density at radius 2 is 2.21 bits per heavy atom. The number of aryl methyl sites for hydroxylation is 1. The first-order chi connectivity index (χ1) is 11.2. The highest BCUT2D eigenvalue weighted by Crippen LogP contribution is 2.12. The first-order valence-corrected chi connectivity index (χ1v) is 9.08. The molecule has 11 heteroatoms. The number of morpholine rings is 1. The van der Waals surface area contributed by atoms with Crippen molar-refractivity contribution in [1.29, 1.82) is 0 Å². The Labute approximate surface area is 139 Å². The highest BCUT2D eigenvalue weighted by atomic mass is 32.2. The Morgan fingerprint density at radius 1 is 1.50 bits per heavy atom. The number of rotatable bonds is 6. The maximum Gasteiger partial charge on any atom is 0.318 e. The number of amides is 1. The van der Waals surface area contributed by atoms with Gasteiger partial charge in [-0.25, -0.2) is 8.42 Å². The highest BCUT2D eigenvalue weighted by molar-refractivity contribution is 7.88. The number of aromatic nitrogens is 2. The standard InChI is InChI=1S/C13H20N4O6S/c1-15-6-10(5-14-15)13(20)16-3-4-23-11(7-16)8-17(9-12(18)19)24(2,21)22/h5-6,11H,3-4,7-9H2,1-2H3,(H,18,19). The number of carbonyl (C=O) groups excluding carboxylic acids is 1. The molecule has 2 rings (SSSR count). The molecule has 0 spiro atoms. The molecular formula is C13H20N4O6S. The van der Waals surface area contributed by atoms with Gasteiger partial charge in [0.2, 0.25) is 10.0 Å². The van der Waals surface area contributed by atoms with Crippen molar-refractivity contribution in [3.63, 3.8) is 0 Å². The van der Waals surface area contributed by atoms with Crippen molar-refractivity contribution in [1.82, 2.24) is 19.0 Å². The lowest BCUT2D eigenvalue weighted by atomic mass is 10.2. The summed E-state index contributed by atoms with van der Waals surface area (Å²) >= 11 is 0. The third-order valence-corrected chi connectivity index (χ3v) is 4.78. The number of carboxylic acids is 1. The molecule has 0 aliphatic carbocycles. The number of aliphatic carboxylic acids is 1. The summed E-state index contributed by atoms with van der Waals surface area (Å²) in [6, 6.07) is 0. The third kappa shape index (κ3) is 4.76. The van der Waals surface area contributed by atoms with Crippen molar-refractivity contribution < 1.29 is 27.9 Å². The molecule has 0 radical (unpaired) electrons. The predicted molar refractivity (Wildman–Crippen MR) is 82.9 cm³/mol. The molecule has 1 N–H and O–H groups in total. The Kier molecular flexibility index (Phi) is 5.57. The molecule has 1 saturated heterocycles. The van der Waals surface area contributed by atoms with Crippen LogP contribution in [0.25, 0.3) is 0 Å². The van der Waals surface area contributed by atoms with E-state index in [1.54, 1.807) is 18.1 Å². The van der Waals surface area contributed by atoms with Crippen LogP contribution in [0.2, 0.25) is 0 Å². The Balaban J connectivity index is 2.04.